The number of hydrogen-bond donors (Lipinski definition) is 0. The lowest BCUT2D eigenvalue weighted by molar-refractivity contribution is -0.232. The van der Waals surface area contributed by atoms with Crippen LogP contribution in [0.3, 0.4) is 0 Å². The van der Waals surface area contributed by atoms with Gasteiger partial charge in [-0.2, -0.15) is 22.0 Å². The van der Waals surface area contributed by atoms with Crippen LogP contribution in [0.15, 0.2) is 36.4 Å². The minimum absolute atomic E-state index is 0.130. The van der Waals surface area contributed by atoms with E-state index in [9.17, 15) is 22.0 Å². The van der Waals surface area contributed by atoms with Crippen LogP contribution in [0.25, 0.3) is 11.1 Å². The first-order chi connectivity index (χ1) is 21.4. The molecule has 3 aliphatic rings. The van der Waals surface area contributed by atoms with Crippen molar-refractivity contribution in [3.8, 4) is 16.9 Å². The molecule has 0 unspecified atom stereocenters. The Morgan fingerprint density at radius 3 is 1.93 bits per heavy atom. The maximum absolute atomic E-state index is 15.2. The van der Waals surface area contributed by atoms with Crippen LogP contribution in [0.2, 0.25) is 0 Å². The van der Waals surface area contributed by atoms with Gasteiger partial charge in [0.1, 0.15) is 17.4 Å². The third-order valence-corrected chi connectivity index (χ3v) is 10.1. The van der Waals surface area contributed by atoms with Crippen molar-refractivity contribution in [3.05, 3.63) is 53.6 Å². The van der Waals surface area contributed by atoms with Gasteiger partial charge in [0.15, 0.2) is 6.29 Å². The lowest BCUT2D eigenvalue weighted by Crippen LogP contribution is -2.40. The van der Waals surface area contributed by atoms with Gasteiger partial charge in [0.2, 0.25) is 0 Å². The van der Waals surface area contributed by atoms with Gasteiger partial charge in [0.25, 0.3) is 0 Å². The van der Waals surface area contributed by atoms with E-state index >= 15 is 8.78 Å². The first kappa shape index (κ1) is 34.0. The lowest BCUT2D eigenvalue weighted by Gasteiger charge is -2.41. The summed E-state index contributed by atoms with van der Waals surface area (Å²) in [6.45, 7) is 3.74. The Bertz CT molecular complexity index is 1240. The van der Waals surface area contributed by atoms with E-state index in [1.165, 1.54) is 19.3 Å². The first-order valence-electron chi connectivity index (χ1n) is 16.4. The molecule has 1 saturated heterocycles. The summed E-state index contributed by atoms with van der Waals surface area (Å²) < 4.78 is 115. The van der Waals surface area contributed by atoms with Crippen LogP contribution in [0.5, 0.6) is 5.75 Å². The van der Waals surface area contributed by atoms with E-state index in [2.05, 4.69) is 6.92 Å². The molecule has 250 valence electrons. The number of hydrogen-bond acceptors (Lipinski definition) is 3. The summed E-state index contributed by atoms with van der Waals surface area (Å²) in [5, 5.41) is 0. The fourth-order valence-electron chi connectivity index (χ4n) is 7.44. The highest BCUT2D eigenvalue weighted by Gasteiger charge is 2.45. The van der Waals surface area contributed by atoms with E-state index in [1.807, 2.05) is 0 Å². The summed E-state index contributed by atoms with van der Waals surface area (Å²) >= 11 is 0. The Balaban J connectivity index is 1.08. The van der Waals surface area contributed by atoms with Crippen LogP contribution < -0.4 is 4.74 Å². The van der Waals surface area contributed by atoms with Crippen molar-refractivity contribution in [2.24, 2.45) is 29.6 Å². The lowest BCUT2D eigenvalue weighted by atomic mass is 9.69. The van der Waals surface area contributed by atoms with Crippen LogP contribution in [0.4, 0.5) is 30.7 Å². The van der Waals surface area contributed by atoms with Gasteiger partial charge < -0.3 is 14.2 Å². The summed E-state index contributed by atoms with van der Waals surface area (Å²) in [4.78, 5) is 0. The number of unbranched alkanes of at least 4 members (excludes halogenated alkanes) is 2. The number of halogens is 7. The molecule has 2 aromatic rings. The smallest absolute Gasteiger partial charge is 0.419 e. The Labute approximate surface area is 260 Å². The first-order valence-corrected chi connectivity index (χ1v) is 16.4. The molecule has 10 heteroatoms. The summed E-state index contributed by atoms with van der Waals surface area (Å²) in [6.07, 6.45) is 2.39. The number of ether oxygens (including phenoxy) is 3. The predicted octanol–water partition coefficient (Wildman–Crippen LogP) is 10.8. The van der Waals surface area contributed by atoms with Gasteiger partial charge in [-0.1, -0.05) is 32.3 Å². The number of alkyl halides is 5. The third-order valence-electron chi connectivity index (χ3n) is 10.1. The maximum Gasteiger partial charge on any atom is 0.419 e. The molecule has 0 amide bonds. The Hall–Kier alpha value is -2.33. The van der Waals surface area contributed by atoms with Crippen LogP contribution in [-0.4, -0.2) is 25.6 Å². The Morgan fingerprint density at radius 2 is 1.36 bits per heavy atom. The molecule has 0 N–H and O–H groups in total. The van der Waals surface area contributed by atoms with Gasteiger partial charge in [-0.05, 0) is 99.5 Å². The molecule has 3 nitrogen and oxygen atoms in total. The highest BCUT2D eigenvalue weighted by molar-refractivity contribution is 5.65. The molecule has 0 aromatic heterocycles. The monoisotopic (exact) mass is 644 g/mol. The second-order valence-electron chi connectivity index (χ2n) is 13.2. The molecule has 0 bridgehead atoms. The third kappa shape index (κ3) is 8.53. The quantitative estimate of drug-likeness (QED) is 0.190. The van der Waals surface area contributed by atoms with Crippen molar-refractivity contribution in [3.63, 3.8) is 0 Å². The predicted molar refractivity (Wildman–Crippen MR) is 157 cm³/mol. The minimum Gasteiger partial charge on any atom is -0.432 e. The molecule has 0 radical (unpaired) electrons. The average molecular weight is 645 g/mol. The highest BCUT2D eigenvalue weighted by Crippen LogP contribution is 2.46. The molecule has 0 spiro atoms. The van der Waals surface area contributed by atoms with Gasteiger partial charge in [0.05, 0.1) is 24.7 Å². The number of rotatable bonds is 10. The summed E-state index contributed by atoms with van der Waals surface area (Å²) in [5.74, 6) is -2.20. The van der Waals surface area contributed by atoms with Crippen molar-refractivity contribution < 1.29 is 44.9 Å². The molecule has 0 atom stereocenters. The summed E-state index contributed by atoms with van der Waals surface area (Å²) in [7, 11) is 0. The van der Waals surface area contributed by atoms with Gasteiger partial charge in [-0.3, -0.25) is 0 Å². The Kier molecular flexibility index (Phi) is 11.0. The van der Waals surface area contributed by atoms with Crippen molar-refractivity contribution >= 4 is 0 Å². The van der Waals surface area contributed by atoms with E-state index < -0.39 is 41.2 Å². The van der Waals surface area contributed by atoms with Gasteiger partial charge in [0, 0.05) is 23.5 Å². The van der Waals surface area contributed by atoms with Gasteiger partial charge in [-0.25, -0.2) is 8.78 Å². The van der Waals surface area contributed by atoms with Crippen molar-refractivity contribution in [1.82, 2.24) is 0 Å². The van der Waals surface area contributed by atoms with Crippen molar-refractivity contribution in [2.45, 2.75) is 103 Å². The fraction of sp³-hybridized carbons (Fsp3) is 0.657. The highest BCUT2D eigenvalue weighted by atomic mass is 19.4. The molecule has 2 aliphatic carbocycles. The van der Waals surface area contributed by atoms with Crippen LogP contribution >= 0.6 is 0 Å². The minimum atomic E-state index is -4.89. The van der Waals surface area contributed by atoms with Crippen LogP contribution in [0.1, 0.15) is 89.5 Å². The largest absolute Gasteiger partial charge is 0.432 e. The fourth-order valence-corrected chi connectivity index (χ4v) is 7.44. The van der Waals surface area contributed by atoms with E-state index in [0.717, 1.165) is 69.6 Å². The molecule has 5 rings (SSSR count). The second kappa shape index (κ2) is 14.6. The Morgan fingerprint density at radius 1 is 0.733 bits per heavy atom. The molecule has 2 aromatic carbocycles. The van der Waals surface area contributed by atoms with Crippen molar-refractivity contribution in [1.29, 1.82) is 0 Å². The molecule has 1 aliphatic heterocycles. The zero-order chi connectivity index (χ0) is 32.2. The van der Waals surface area contributed by atoms with E-state index in [4.69, 9.17) is 14.2 Å². The topological polar surface area (TPSA) is 27.7 Å². The molecule has 2 saturated carbocycles. The summed E-state index contributed by atoms with van der Waals surface area (Å²) in [5.41, 5.74) is -1.83. The van der Waals surface area contributed by atoms with Gasteiger partial charge in [-0.15, -0.1) is 0 Å². The molecular formula is C35H43F7O3. The zero-order valence-electron chi connectivity index (χ0n) is 25.7. The SMILES string of the molecule is CCCCCC1COC(C2CCC(C3CCC(C(F)(F)Oc4ccc(-c5ccc(C(F)(F)F)c(F)c5)c(F)c4)CC3)CC2)OC1. The van der Waals surface area contributed by atoms with E-state index in [0.29, 0.717) is 61.5 Å². The van der Waals surface area contributed by atoms with E-state index in [1.54, 1.807) is 0 Å². The molecule has 1 heterocycles. The standard InChI is InChI=1S/C35H43F7O3/c1-2-3-4-5-22-20-43-33(44-21-22)25-8-6-23(7-9-25)24-10-13-27(14-11-24)35(41,42)45-28-15-16-29(31(36)19-28)26-12-17-30(32(37)18-26)34(38,39)40/h12,15-19,22-25,27,33H,2-11,13-14,20-21H2,1H3. The normalized spacial score (nSPS) is 28.2. The molecule has 3 fully saturated rings. The van der Waals surface area contributed by atoms with Crippen LogP contribution in [-0.2, 0) is 15.7 Å². The zero-order valence-corrected chi connectivity index (χ0v) is 25.7. The molecule has 45 heavy (non-hydrogen) atoms. The van der Waals surface area contributed by atoms with Crippen LogP contribution in [0, 0.1) is 41.2 Å². The van der Waals surface area contributed by atoms with Gasteiger partial charge >= 0.3 is 12.3 Å². The summed E-state index contributed by atoms with van der Waals surface area (Å²) in [6, 6.07) is 5.02. The maximum atomic E-state index is 15.2. The molecular weight excluding hydrogens is 601 g/mol. The van der Waals surface area contributed by atoms with E-state index in [-0.39, 0.29) is 17.4 Å². The van der Waals surface area contributed by atoms with Crippen molar-refractivity contribution in [2.75, 3.05) is 13.2 Å². The second-order valence-corrected chi connectivity index (χ2v) is 13.2. The average Bonchev–Trinajstić information content (AvgIpc) is 3.01. The number of benzene rings is 2.